The zero-order valence-corrected chi connectivity index (χ0v) is 12.7. The van der Waals surface area contributed by atoms with Crippen molar-refractivity contribution in [3.05, 3.63) is 0 Å². The molecule has 7 N–H and O–H groups in total. The van der Waals surface area contributed by atoms with E-state index in [4.69, 9.17) is 10.8 Å². The summed E-state index contributed by atoms with van der Waals surface area (Å²) >= 11 is 0. The number of nitrogens with two attached hydrogens (primary N) is 1. The molecule has 0 saturated heterocycles. The zero-order valence-electron chi connectivity index (χ0n) is 12.7. The van der Waals surface area contributed by atoms with E-state index in [1.807, 2.05) is 0 Å². The summed E-state index contributed by atoms with van der Waals surface area (Å²) in [6.45, 7) is -0.493. The highest BCUT2D eigenvalue weighted by Crippen LogP contribution is 1.76. The predicted octanol–water partition coefficient (Wildman–Crippen LogP) is -4.64. The molecule has 0 aromatic rings. The van der Waals surface area contributed by atoms with Crippen LogP contribution in [0.25, 0.3) is 0 Å². The van der Waals surface area contributed by atoms with Crippen LogP contribution in [0.3, 0.4) is 0 Å². The molecule has 0 bridgehead atoms. The number of carbonyl (C=O) groups is 5. The van der Waals surface area contributed by atoms with Gasteiger partial charge in [-0.25, -0.2) is 0 Å². The fraction of sp³-hybridized carbons (Fsp3) is 0.583. The summed E-state index contributed by atoms with van der Waals surface area (Å²) in [6.07, 6.45) is 0. The molecule has 0 aliphatic heterocycles. The molecule has 0 aromatic carbocycles. The van der Waals surface area contributed by atoms with E-state index in [1.165, 1.54) is 6.92 Å². The SMILES string of the molecule is CC(=O)CNC(=O)CNC(=O)CNC(=O)CNC(=O)C(N)CO. The molecule has 0 saturated carbocycles. The maximum Gasteiger partial charge on any atom is 0.239 e. The second-order valence-corrected chi connectivity index (χ2v) is 4.54. The van der Waals surface area contributed by atoms with E-state index >= 15 is 0 Å². The van der Waals surface area contributed by atoms with Crippen LogP contribution in [0.4, 0.5) is 0 Å². The molecule has 0 rings (SSSR count). The van der Waals surface area contributed by atoms with Crippen molar-refractivity contribution in [3.8, 4) is 0 Å². The third kappa shape index (κ3) is 10.8. The fourth-order valence-electron chi connectivity index (χ4n) is 1.15. The zero-order chi connectivity index (χ0) is 17.8. The molecule has 0 aliphatic rings. The number of aliphatic hydroxyl groups is 1. The Morgan fingerprint density at radius 1 is 0.826 bits per heavy atom. The van der Waals surface area contributed by atoms with Crippen molar-refractivity contribution in [2.75, 3.05) is 32.8 Å². The lowest BCUT2D eigenvalue weighted by molar-refractivity contribution is -0.129. The van der Waals surface area contributed by atoms with Crippen LogP contribution in [0.15, 0.2) is 0 Å². The summed E-state index contributed by atoms with van der Waals surface area (Å²) in [7, 11) is 0. The molecule has 0 heterocycles. The molecule has 0 radical (unpaired) electrons. The number of nitrogens with one attached hydrogen (secondary N) is 4. The maximum absolute atomic E-state index is 11.4. The number of Topliss-reactive ketones (excluding diaryl/α,β-unsaturated/α-hetero) is 1. The van der Waals surface area contributed by atoms with Gasteiger partial charge in [-0.05, 0) is 6.92 Å². The standard InChI is InChI=1S/C12H21N5O6/c1-7(19)2-14-9(20)3-15-10(21)4-16-11(22)5-17-12(23)8(13)6-18/h8,18H,2-6,13H2,1H3,(H,14,20)(H,15,21)(H,16,22)(H,17,23). The molecule has 0 aliphatic carbocycles. The highest BCUT2D eigenvalue weighted by atomic mass is 16.3. The van der Waals surface area contributed by atoms with Crippen molar-refractivity contribution in [1.82, 2.24) is 21.3 Å². The van der Waals surface area contributed by atoms with Gasteiger partial charge in [-0.3, -0.25) is 24.0 Å². The monoisotopic (exact) mass is 331 g/mol. The molecule has 4 amide bonds. The first-order valence-corrected chi connectivity index (χ1v) is 6.70. The van der Waals surface area contributed by atoms with Crippen LogP contribution in [0, 0.1) is 0 Å². The molecule has 1 unspecified atom stereocenters. The summed E-state index contributed by atoms with van der Waals surface area (Å²) in [6, 6.07) is -1.13. The van der Waals surface area contributed by atoms with Gasteiger partial charge in [0.1, 0.15) is 11.8 Å². The van der Waals surface area contributed by atoms with Crippen LogP contribution in [-0.2, 0) is 24.0 Å². The Bertz CT molecular complexity index is 467. The Labute approximate surface area is 132 Å². The first-order chi connectivity index (χ1) is 10.8. The number of ketones is 1. The molecule has 1 atom stereocenters. The molecule has 0 fully saturated rings. The second kappa shape index (κ2) is 11.1. The van der Waals surface area contributed by atoms with E-state index in [0.717, 1.165) is 0 Å². The van der Waals surface area contributed by atoms with Gasteiger partial charge in [-0.15, -0.1) is 0 Å². The average Bonchev–Trinajstić information content (AvgIpc) is 2.52. The Morgan fingerprint density at radius 2 is 1.22 bits per heavy atom. The van der Waals surface area contributed by atoms with Crippen LogP contribution in [-0.4, -0.2) is 73.3 Å². The number of hydrogen-bond donors (Lipinski definition) is 6. The summed E-state index contributed by atoms with van der Waals surface area (Å²) in [4.78, 5) is 55.7. The number of amides is 4. The second-order valence-electron chi connectivity index (χ2n) is 4.54. The minimum atomic E-state index is -1.13. The quantitative estimate of drug-likeness (QED) is 0.233. The van der Waals surface area contributed by atoms with Gasteiger partial charge in [-0.1, -0.05) is 0 Å². The predicted molar refractivity (Wildman–Crippen MR) is 77.8 cm³/mol. The van der Waals surface area contributed by atoms with Crippen LogP contribution < -0.4 is 27.0 Å². The molecule has 23 heavy (non-hydrogen) atoms. The van der Waals surface area contributed by atoms with Gasteiger partial charge in [0, 0.05) is 0 Å². The van der Waals surface area contributed by atoms with Crippen molar-refractivity contribution in [2.45, 2.75) is 13.0 Å². The van der Waals surface area contributed by atoms with E-state index in [-0.39, 0.29) is 25.4 Å². The van der Waals surface area contributed by atoms with Gasteiger partial charge >= 0.3 is 0 Å². The van der Waals surface area contributed by atoms with Crippen molar-refractivity contribution in [1.29, 1.82) is 0 Å². The topological polar surface area (TPSA) is 180 Å². The van der Waals surface area contributed by atoms with E-state index in [2.05, 4.69) is 21.3 Å². The van der Waals surface area contributed by atoms with E-state index in [9.17, 15) is 24.0 Å². The smallest absolute Gasteiger partial charge is 0.239 e. The number of hydrogen-bond acceptors (Lipinski definition) is 7. The van der Waals surface area contributed by atoms with Crippen LogP contribution in [0.2, 0.25) is 0 Å². The number of carbonyl (C=O) groups excluding carboxylic acids is 5. The van der Waals surface area contributed by atoms with Gasteiger partial charge in [-0.2, -0.15) is 0 Å². The normalized spacial score (nSPS) is 11.1. The van der Waals surface area contributed by atoms with E-state index in [0.29, 0.717) is 0 Å². The molecule has 0 aromatic heterocycles. The molecule has 11 heteroatoms. The Morgan fingerprint density at radius 3 is 1.61 bits per heavy atom. The average molecular weight is 331 g/mol. The lowest BCUT2D eigenvalue weighted by atomic mass is 10.3. The van der Waals surface area contributed by atoms with Gasteiger partial charge in [0.2, 0.25) is 23.6 Å². The van der Waals surface area contributed by atoms with Gasteiger partial charge in [0.15, 0.2) is 0 Å². The minimum Gasteiger partial charge on any atom is -0.394 e. The lowest BCUT2D eigenvalue weighted by Gasteiger charge is -2.10. The lowest BCUT2D eigenvalue weighted by Crippen LogP contribution is -2.48. The number of aliphatic hydroxyl groups excluding tert-OH is 1. The van der Waals surface area contributed by atoms with E-state index in [1.54, 1.807) is 0 Å². The largest absolute Gasteiger partial charge is 0.394 e. The van der Waals surface area contributed by atoms with Crippen molar-refractivity contribution >= 4 is 29.4 Å². The van der Waals surface area contributed by atoms with Crippen molar-refractivity contribution in [2.24, 2.45) is 5.73 Å². The van der Waals surface area contributed by atoms with Crippen molar-refractivity contribution < 1.29 is 29.1 Å². The van der Waals surface area contributed by atoms with Crippen molar-refractivity contribution in [3.63, 3.8) is 0 Å². The first kappa shape index (κ1) is 20.5. The van der Waals surface area contributed by atoms with Crippen LogP contribution in [0.5, 0.6) is 0 Å². The summed E-state index contributed by atoms with van der Waals surface area (Å²) in [5.41, 5.74) is 5.22. The summed E-state index contributed by atoms with van der Waals surface area (Å²) in [5, 5.41) is 17.5. The Kier molecular flexibility index (Phi) is 9.87. The molecule has 11 nitrogen and oxygen atoms in total. The third-order valence-electron chi connectivity index (χ3n) is 2.38. The molecule has 0 spiro atoms. The fourth-order valence-corrected chi connectivity index (χ4v) is 1.15. The van der Waals surface area contributed by atoms with Gasteiger partial charge < -0.3 is 32.1 Å². The highest BCUT2D eigenvalue weighted by Gasteiger charge is 2.13. The molecular formula is C12H21N5O6. The maximum atomic E-state index is 11.4. The van der Waals surface area contributed by atoms with Gasteiger partial charge in [0.25, 0.3) is 0 Å². The molecular weight excluding hydrogens is 310 g/mol. The Balaban J connectivity index is 3.84. The summed E-state index contributed by atoms with van der Waals surface area (Å²) in [5.74, 6) is -2.71. The third-order valence-corrected chi connectivity index (χ3v) is 2.38. The Hall–Kier alpha value is -2.53. The first-order valence-electron chi connectivity index (χ1n) is 6.70. The van der Waals surface area contributed by atoms with Crippen LogP contribution in [0.1, 0.15) is 6.92 Å². The highest BCUT2D eigenvalue weighted by molar-refractivity contribution is 5.91. The number of rotatable bonds is 10. The van der Waals surface area contributed by atoms with Gasteiger partial charge in [0.05, 0.1) is 32.8 Å². The summed E-state index contributed by atoms with van der Waals surface area (Å²) < 4.78 is 0. The molecule has 130 valence electrons. The van der Waals surface area contributed by atoms with E-state index < -0.39 is 42.8 Å². The van der Waals surface area contributed by atoms with Crippen LogP contribution >= 0.6 is 0 Å². The minimum absolute atomic E-state index is 0.124.